The molecule has 0 radical (unpaired) electrons. The van der Waals surface area contributed by atoms with Crippen LogP contribution in [0.4, 0.5) is 0 Å². The Bertz CT molecular complexity index is 621. The van der Waals surface area contributed by atoms with Crippen molar-refractivity contribution in [3.63, 3.8) is 0 Å². The number of phenols is 2. The van der Waals surface area contributed by atoms with Crippen molar-refractivity contribution in [3.8, 4) is 11.5 Å². The van der Waals surface area contributed by atoms with E-state index in [1.54, 1.807) is 18.6 Å². The Morgan fingerprint density at radius 2 is 2.00 bits per heavy atom. The van der Waals surface area contributed by atoms with Gasteiger partial charge in [-0.2, -0.15) is 8.42 Å². The standard InChI is InChI=1S/C9H13NO3.C2H8N4O3S/c1-10-5-9(13)6-2-3-7(11)8(12)4-6;1-10(7,8)9-6-2(3)5-4/h2-4,9-13H,5H2,1H3;4H2,1H3,(H3,3,5,6)/t9-;/m0./s1. The molecule has 0 aromatic heterocycles. The molecule has 132 valence electrons. The quantitative estimate of drug-likeness (QED) is 0.103. The number of phenolic OH excluding ortho intramolecular Hbond substituents is 2. The van der Waals surface area contributed by atoms with Crippen molar-refractivity contribution < 1.29 is 28.0 Å². The molecule has 0 fully saturated rings. The first-order chi connectivity index (χ1) is 10.6. The Labute approximate surface area is 133 Å². The number of hydrazone groups is 1. The second-order valence-corrected chi connectivity index (χ2v) is 5.80. The van der Waals surface area contributed by atoms with Gasteiger partial charge in [-0.25, -0.2) is 5.48 Å². The van der Waals surface area contributed by atoms with Crippen molar-refractivity contribution in [1.82, 2.24) is 10.8 Å². The molecule has 0 heterocycles. The van der Waals surface area contributed by atoms with Crippen molar-refractivity contribution in [3.05, 3.63) is 23.8 Å². The molecule has 0 aliphatic carbocycles. The van der Waals surface area contributed by atoms with Crippen LogP contribution >= 0.6 is 0 Å². The van der Waals surface area contributed by atoms with Gasteiger partial charge in [-0.1, -0.05) is 6.07 Å². The Hall–Kier alpha value is -2.28. The Morgan fingerprint density at radius 1 is 1.39 bits per heavy atom. The van der Waals surface area contributed by atoms with Crippen LogP contribution in [0.25, 0.3) is 0 Å². The minimum atomic E-state index is -3.56. The maximum absolute atomic E-state index is 10.2. The fourth-order valence-electron chi connectivity index (χ4n) is 1.20. The SMILES string of the molecule is CNC[C@H](O)c1ccc(O)c(O)c1.CS(=O)(=O)ONC(N)=NN. The number of benzene rings is 1. The summed E-state index contributed by atoms with van der Waals surface area (Å²) in [5.74, 6) is 3.92. The maximum Gasteiger partial charge on any atom is 0.285 e. The number of aliphatic hydroxyl groups is 1. The molecule has 23 heavy (non-hydrogen) atoms. The molecule has 1 atom stereocenters. The molecule has 0 bridgehead atoms. The summed E-state index contributed by atoms with van der Waals surface area (Å²) in [6.45, 7) is 0.407. The fraction of sp³-hybridized carbons (Fsp3) is 0.364. The molecule has 0 aliphatic heterocycles. The average Bonchev–Trinajstić information content (AvgIpc) is 2.47. The zero-order chi connectivity index (χ0) is 18.0. The molecule has 1 rings (SSSR count). The molecule has 0 saturated heterocycles. The van der Waals surface area contributed by atoms with Crippen molar-refractivity contribution in [2.24, 2.45) is 16.7 Å². The highest BCUT2D eigenvalue weighted by Gasteiger charge is 2.08. The number of aliphatic hydroxyl groups excluding tert-OH is 1. The van der Waals surface area contributed by atoms with Crippen molar-refractivity contribution in [1.29, 1.82) is 0 Å². The first kappa shape index (κ1) is 20.7. The van der Waals surface area contributed by atoms with E-state index < -0.39 is 16.2 Å². The van der Waals surface area contributed by atoms with Crippen LogP contribution in [0.15, 0.2) is 23.3 Å². The lowest BCUT2D eigenvalue weighted by Crippen LogP contribution is -2.34. The summed E-state index contributed by atoms with van der Waals surface area (Å²) in [6.07, 6.45) is 0.181. The third-order valence-electron chi connectivity index (χ3n) is 2.22. The van der Waals surface area contributed by atoms with Gasteiger partial charge in [-0.05, 0) is 24.7 Å². The molecule has 12 heteroatoms. The molecule has 0 spiro atoms. The Balaban J connectivity index is 0.000000438. The molecule has 11 nitrogen and oxygen atoms in total. The minimum Gasteiger partial charge on any atom is -0.504 e. The summed E-state index contributed by atoms with van der Waals surface area (Å²) in [4.78, 5) is 0. The van der Waals surface area contributed by atoms with Gasteiger partial charge in [-0.3, -0.25) is 0 Å². The fourth-order valence-corrected chi connectivity index (χ4v) is 1.44. The molecule has 9 N–H and O–H groups in total. The maximum atomic E-state index is 10.2. The number of hydrogen-bond acceptors (Lipinski definition) is 9. The van der Waals surface area contributed by atoms with Crippen LogP contribution in [-0.2, 0) is 14.4 Å². The smallest absolute Gasteiger partial charge is 0.285 e. The van der Waals surface area contributed by atoms with E-state index in [2.05, 4.69) is 20.5 Å². The van der Waals surface area contributed by atoms with E-state index in [9.17, 15) is 13.5 Å². The van der Waals surface area contributed by atoms with Crippen LogP contribution in [0, 0.1) is 0 Å². The summed E-state index contributed by atoms with van der Waals surface area (Å²) in [6, 6.07) is 4.26. The summed E-state index contributed by atoms with van der Waals surface area (Å²) in [5, 5.41) is 33.3. The highest BCUT2D eigenvalue weighted by atomic mass is 32.2. The van der Waals surface area contributed by atoms with E-state index in [4.69, 9.17) is 15.9 Å². The zero-order valence-corrected chi connectivity index (χ0v) is 13.4. The number of guanidine groups is 1. The summed E-state index contributed by atoms with van der Waals surface area (Å²) < 4.78 is 24.4. The number of rotatable bonds is 5. The van der Waals surface area contributed by atoms with Gasteiger partial charge >= 0.3 is 0 Å². The number of nitrogens with zero attached hydrogens (tertiary/aromatic N) is 1. The zero-order valence-electron chi connectivity index (χ0n) is 12.6. The first-order valence-electron chi connectivity index (χ1n) is 6.13. The van der Waals surface area contributed by atoms with E-state index in [-0.39, 0.29) is 17.5 Å². The third kappa shape index (κ3) is 9.36. The number of hydrogen-bond donors (Lipinski definition) is 7. The summed E-state index contributed by atoms with van der Waals surface area (Å²) in [7, 11) is -1.83. The van der Waals surface area contributed by atoms with Gasteiger partial charge in [0.05, 0.1) is 12.4 Å². The van der Waals surface area contributed by atoms with Crippen molar-refractivity contribution >= 4 is 16.1 Å². The van der Waals surface area contributed by atoms with Gasteiger partial charge in [0.15, 0.2) is 11.5 Å². The van der Waals surface area contributed by atoms with Crippen molar-refractivity contribution in [2.45, 2.75) is 6.10 Å². The minimum absolute atomic E-state index is 0.180. The number of nitrogens with two attached hydrogens (primary N) is 2. The van der Waals surface area contributed by atoms with Gasteiger partial charge in [0.25, 0.3) is 10.1 Å². The predicted octanol–water partition coefficient (Wildman–Crippen LogP) is -1.99. The van der Waals surface area contributed by atoms with E-state index >= 15 is 0 Å². The second-order valence-electron chi connectivity index (χ2n) is 4.23. The number of aromatic hydroxyl groups is 2. The average molecular weight is 351 g/mol. The van der Waals surface area contributed by atoms with Gasteiger partial charge in [-0.15, -0.1) is 9.39 Å². The van der Waals surface area contributed by atoms with Crippen LogP contribution in [0.5, 0.6) is 11.5 Å². The predicted molar refractivity (Wildman–Crippen MR) is 83.5 cm³/mol. The van der Waals surface area contributed by atoms with Gasteiger partial charge in [0, 0.05) is 6.54 Å². The van der Waals surface area contributed by atoms with Gasteiger partial charge in [0.2, 0.25) is 5.96 Å². The topological polar surface area (TPSA) is 193 Å². The molecular weight excluding hydrogens is 330 g/mol. The number of hydroxylamine groups is 1. The van der Waals surface area contributed by atoms with Crippen LogP contribution in [-0.4, -0.2) is 49.5 Å². The third-order valence-corrected chi connectivity index (χ3v) is 2.60. The molecule has 0 amide bonds. The number of nitrogens with one attached hydrogen (secondary N) is 2. The van der Waals surface area contributed by atoms with E-state index in [1.807, 2.05) is 0 Å². The molecule has 1 aromatic rings. The molecule has 0 aliphatic rings. The second kappa shape index (κ2) is 9.68. The number of likely N-dealkylation sites (N-methyl/N-ethyl adjacent to an activating group) is 1. The van der Waals surface area contributed by atoms with Crippen LogP contribution < -0.4 is 22.4 Å². The summed E-state index contributed by atoms with van der Waals surface area (Å²) >= 11 is 0. The Morgan fingerprint density at radius 3 is 2.43 bits per heavy atom. The van der Waals surface area contributed by atoms with Crippen LogP contribution in [0.3, 0.4) is 0 Å². The van der Waals surface area contributed by atoms with E-state index in [0.717, 1.165) is 6.26 Å². The lowest BCUT2D eigenvalue weighted by Gasteiger charge is -2.10. The monoisotopic (exact) mass is 351 g/mol. The van der Waals surface area contributed by atoms with Crippen molar-refractivity contribution in [2.75, 3.05) is 19.8 Å². The Kier molecular flexibility index (Phi) is 8.72. The largest absolute Gasteiger partial charge is 0.504 e. The highest BCUT2D eigenvalue weighted by Crippen LogP contribution is 2.27. The molecule has 1 aromatic carbocycles. The van der Waals surface area contributed by atoms with E-state index in [0.29, 0.717) is 12.1 Å². The van der Waals surface area contributed by atoms with E-state index in [1.165, 1.54) is 12.1 Å². The first-order valence-corrected chi connectivity index (χ1v) is 7.94. The lowest BCUT2D eigenvalue weighted by molar-refractivity contribution is 0.177. The molecular formula is C11H21N5O6S. The highest BCUT2D eigenvalue weighted by molar-refractivity contribution is 7.85. The van der Waals surface area contributed by atoms with Gasteiger partial charge < -0.3 is 32.2 Å². The van der Waals surface area contributed by atoms with Crippen LogP contribution in [0.2, 0.25) is 0 Å². The normalized spacial score (nSPS) is 12.9. The van der Waals surface area contributed by atoms with Gasteiger partial charge in [0.1, 0.15) is 0 Å². The molecule has 0 saturated carbocycles. The van der Waals surface area contributed by atoms with Crippen LogP contribution in [0.1, 0.15) is 11.7 Å². The molecule has 0 unspecified atom stereocenters. The summed E-state index contributed by atoms with van der Waals surface area (Å²) in [5.41, 5.74) is 7.27. The lowest BCUT2D eigenvalue weighted by atomic mass is 10.1.